The Kier molecular flexibility index (Phi) is 8.29. The van der Waals surface area contributed by atoms with E-state index in [4.69, 9.17) is 0 Å². The van der Waals surface area contributed by atoms with Gasteiger partial charge in [-0.2, -0.15) is 0 Å². The summed E-state index contributed by atoms with van der Waals surface area (Å²) in [6, 6.07) is 19.5. The highest BCUT2D eigenvalue weighted by Crippen LogP contribution is 2.22. The monoisotopic (exact) mass is 593 g/mol. The van der Waals surface area contributed by atoms with Crippen molar-refractivity contribution in [1.29, 1.82) is 0 Å². The first-order valence-corrected chi connectivity index (χ1v) is 14.3. The molecule has 44 heavy (non-hydrogen) atoms. The van der Waals surface area contributed by atoms with Gasteiger partial charge < -0.3 is 15.5 Å². The molecule has 2 aromatic heterocycles. The van der Waals surface area contributed by atoms with Gasteiger partial charge in [0.1, 0.15) is 22.1 Å². The summed E-state index contributed by atoms with van der Waals surface area (Å²) in [6.45, 7) is 2.36. The van der Waals surface area contributed by atoms with E-state index in [1.807, 2.05) is 7.05 Å². The average Bonchev–Trinajstić information content (AvgIpc) is 3.03. The number of aromatic nitrogens is 4. The maximum Gasteiger partial charge on any atom is 0.253 e. The van der Waals surface area contributed by atoms with E-state index in [9.17, 15) is 18.4 Å². The Hall–Kier alpha value is -5.16. The van der Waals surface area contributed by atoms with Crippen molar-refractivity contribution in [3.05, 3.63) is 95.6 Å². The number of hydrogen-bond acceptors (Lipinski definition) is 7. The van der Waals surface area contributed by atoms with Gasteiger partial charge in [-0.1, -0.05) is 24.3 Å². The molecule has 222 valence electrons. The summed E-state index contributed by atoms with van der Waals surface area (Å²) >= 11 is 0. The number of benzene rings is 4. The molecule has 0 saturated carbocycles. The third kappa shape index (κ3) is 6.00. The number of carbonyl (C=O) groups excluding carboxylic acids is 2. The van der Waals surface area contributed by atoms with Gasteiger partial charge in [-0.3, -0.25) is 9.59 Å². The molecule has 0 spiro atoms. The minimum Gasteiger partial charge on any atom is -0.352 e. The SMILES string of the molecule is CN(CCCNC(=O)c1cccc2nc3cccc(F)c3nc12)CCCNC(=O)c1cccc2nc3cccc(F)c3nc12. The number of nitrogens with one attached hydrogen (secondary N) is 2. The van der Waals surface area contributed by atoms with Gasteiger partial charge in [0, 0.05) is 13.1 Å². The van der Waals surface area contributed by atoms with Crippen molar-refractivity contribution in [2.75, 3.05) is 33.2 Å². The molecular formula is C33H29F2N7O2. The maximum absolute atomic E-state index is 14.3. The number of nitrogens with zero attached hydrogens (tertiary/aromatic N) is 5. The van der Waals surface area contributed by atoms with Gasteiger partial charge >= 0.3 is 0 Å². The van der Waals surface area contributed by atoms with Crippen molar-refractivity contribution in [2.45, 2.75) is 12.8 Å². The van der Waals surface area contributed by atoms with Crippen molar-refractivity contribution in [3.63, 3.8) is 0 Å². The zero-order valence-corrected chi connectivity index (χ0v) is 24.0. The first-order valence-electron chi connectivity index (χ1n) is 14.3. The lowest BCUT2D eigenvalue weighted by molar-refractivity contribution is 0.0947. The second kappa shape index (κ2) is 12.6. The lowest BCUT2D eigenvalue weighted by Gasteiger charge is -2.17. The summed E-state index contributed by atoms with van der Waals surface area (Å²) in [5, 5.41) is 5.84. The van der Waals surface area contributed by atoms with Gasteiger partial charge in [0.2, 0.25) is 0 Å². The molecular weight excluding hydrogens is 564 g/mol. The smallest absolute Gasteiger partial charge is 0.253 e. The fourth-order valence-corrected chi connectivity index (χ4v) is 5.14. The molecule has 6 rings (SSSR count). The van der Waals surface area contributed by atoms with E-state index in [0.29, 0.717) is 70.2 Å². The molecule has 0 bridgehead atoms. The third-order valence-electron chi connectivity index (χ3n) is 7.38. The fraction of sp³-hybridized carbons (Fsp3) is 0.212. The first kappa shape index (κ1) is 28.9. The standard InChI is InChI=1S/C33H29F2N7O2/c1-42(18-6-16-36-32(43)20-8-2-12-24-28(20)40-30-22(34)10-4-14-26(30)38-24)19-7-17-37-33(44)21-9-3-13-25-29(21)41-31-23(35)11-5-15-27(31)39-25/h2-5,8-15H,6-7,16-19H2,1H3,(H,36,43)(H,37,44). The predicted octanol–water partition coefficient (Wildman–Crippen LogP) is 5.03. The van der Waals surface area contributed by atoms with Gasteiger partial charge in [0.25, 0.3) is 11.8 Å². The largest absolute Gasteiger partial charge is 0.352 e. The lowest BCUT2D eigenvalue weighted by Crippen LogP contribution is -2.31. The molecule has 0 fully saturated rings. The summed E-state index contributed by atoms with van der Waals surface area (Å²) in [6.07, 6.45) is 1.42. The van der Waals surface area contributed by atoms with Gasteiger partial charge in [-0.15, -0.1) is 0 Å². The zero-order valence-electron chi connectivity index (χ0n) is 24.0. The Bertz CT molecular complexity index is 1890. The van der Waals surface area contributed by atoms with Crippen LogP contribution in [0.4, 0.5) is 8.78 Å². The Morgan fingerprint density at radius 1 is 0.591 bits per heavy atom. The number of rotatable bonds is 10. The Morgan fingerprint density at radius 3 is 1.41 bits per heavy atom. The van der Waals surface area contributed by atoms with Crippen molar-refractivity contribution < 1.29 is 18.4 Å². The number of para-hydroxylation sites is 4. The zero-order chi connectivity index (χ0) is 30.6. The van der Waals surface area contributed by atoms with E-state index in [2.05, 4.69) is 35.5 Å². The molecule has 9 nitrogen and oxygen atoms in total. The van der Waals surface area contributed by atoms with Crippen LogP contribution in [0.1, 0.15) is 33.6 Å². The molecule has 4 aromatic carbocycles. The van der Waals surface area contributed by atoms with Crippen LogP contribution in [0, 0.1) is 11.6 Å². The van der Waals surface area contributed by atoms with E-state index >= 15 is 0 Å². The molecule has 0 aliphatic heterocycles. The normalized spacial score (nSPS) is 11.5. The van der Waals surface area contributed by atoms with E-state index in [0.717, 1.165) is 13.1 Å². The topological polar surface area (TPSA) is 113 Å². The second-order valence-electron chi connectivity index (χ2n) is 10.5. The van der Waals surface area contributed by atoms with Crippen molar-refractivity contribution >= 4 is 55.9 Å². The summed E-state index contributed by atoms with van der Waals surface area (Å²) in [5.41, 5.74) is 3.60. The lowest BCUT2D eigenvalue weighted by atomic mass is 10.1. The van der Waals surface area contributed by atoms with Crippen molar-refractivity contribution in [2.24, 2.45) is 0 Å². The highest BCUT2D eigenvalue weighted by atomic mass is 19.1. The average molecular weight is 594 g/mol. The predicted molar refractivity (Wildman–Crippen MR) is 165 cm³/mol. The number of hydrogen-bond donors (Lipinski definition) is 2. The van der Waals surface area contributed by atoms with Crippen LogP contribution >= 0.6 is 0 Å². The molecule has 0 atom stereocenters. The molecule has 11 heteroatoms. The van der Waals surface area contributed by atoms with Crippen LogP contribution in [0.3, 0.4) is 0 Å². The fourth-order valence-electron chi connectivity index (χ4n) is 5.14. The van der Waals surface area contributed by atoms with Crippen LogP contribution in [0.5, 0.6) is 0 Å². The highest BCUT2D eigenvalue weighted by molar-refractivity contribution is 6.07. The first-order chi connectivity index (χ1) is 21.4. The van der Waals surface area contributed by atoms with Crippen LogP contribution in [0.25, 0.3) is 44.1 Å². The molecule has 6 aromatic rings. The van der Waals surface area contributed by atoms with E-state index in [1.54, 1.807) is 60.7 Å². The highest BCUT2D eigenvalue weighted by Gasteiger charge is 2.16. The molecule has 2 heterocycles. The molecule has 0 unspecified atom stereocenters. The Balaban J connectivity index is 0.971. The Labute approximate surface area is 251 Å². The molecule has 0 radical (unpaired) electrons. The summed E-state index contributed by atoms with van der Waals surface area (Å²) in [4.78, 5) is 45.7. The van der Waals surface area contributed by atoms with Crippen molar-refractivity contribution in [1.82, 2.24) is 35.5 Å². The third-order valence-corrected chi connectivity index (χ3v) is 7.38. The van der Waals surface area contributed by atoms with Gasteiger partial charge in [0.05, 0.1) is 33.2 Å². The van der Waals surface area contributed by atoms with E-state index in [1.165, 1.54) is 12.1 Å². The van der Waals surface area contributed by atoms with Crippen LogP contribution in [-0.4, -0.2) is 69.9 Å². The van der Waals surface area contributed by atoms with Gasteiger partial charge in [-0.25, -0.2) is 28.7 Å². The van der Waals surface area contributed by atoms with Gasteiger partial charge in [-0.05, 0) is 81.5 Å². The second-order valence-corrected chi connectivity index (χ2v) is 10.5. The minimum absolute atomic E-state index is 0.132. The quantitative estimate of drug-likeness (QED) is 0.169. The van der Waals surface area contributed by atoms with Crippen molar-refractivity contribution in [3.8, 4) is 0 Å². The van der Waals surface area contributed by atoms with Crippen LogP contribution in [-0.2, 0) is 0 Å². The molecule has 0 aliphatic rings. The minimum atomic E-state index is -0.483. The molecule has 2 amide bonds. The number of fused-ring (bicyclic) bond motifs is 4. The van der Waals surface area contributed by atoms with E-state index < -0.39 is 11.6 Å². The summed E-state index contributed by atoms with van der Waals surface area (Å²) < 4.78 is 28.5. The van der Waals surface area contributed by atoms with Gasteiger partial charge in [0.15, 0.2) is 11.6 Å². The maximum atomic E-state index is 14.3. The summed E-state index contributed by atoms with van der Waals surface area (Å²) in [7, 11) is 1.98. The number of amides is 2. The number of carbonyl (C=O) groups is 2. The van der Waals surface area contributed by atoms with Crippen LogP contribution < -0.4 is 10.6 Å². The molecule has 2 N–H and O–H groups in total. The Morgan fingerprint density at radius 2 is 0.977 bits per heavy atom. The number of halogens is 2. The van der Waals surface area contributed by atoms with Crippen LogP contribution in [0.2, 0.25) is 0 Å². The van der Waals surface area contributed by atoms with Crippen LogP contribution in [0.15, 0.2) is 72.8 Å². The van der Waals surface area contributed by atoms with E-state index in [-0.39, 0.29) is 22.8 Å². The molecule has 0 saturated heterocycles. The summed E-state index contributed by atoms with van der Waals surface area (Å²) in [5.74, 6) is -1.55. The molecule has 0 aliphatic carbocycles.